The molecule has 0 saturated heterocycles. The van der Waals surface area contributed by atoms with E-state index in [9.17, 15) is 4.79 Å². The van der Waals surface area contributed by atoms with E-state index in [2.05, 4.69) is 5.10 Å². The maximum absolute atomic E-state index is 11.4. The van der Waals surface area contributed by atoms with Gasteiger partial charge in [-0.25, -0.2) is 0 Å². The predicted octanol–water partition coefficient (Wildman–Crippen LogP) is 1.17. The third-order valence-electron chi connectivity index (χ3n) is 1.76. The fraction of sp³-hybridized carbons (Fsp3) is 0.556. The molecule has 72 valence electrons. The molecule has 4 nitrogen and oxygen atoms in total. The molecule has 0 spiro atoms. The molecule has 4 heteroatoms. The Morgan fingerprint density at radius 2 is 2.15 bits per heavy atom. The summed E-state index contributed by atoms with van der Waals surface area (Å²) in [6.07, 6.45) is 1.82. The molecule has 1 aromatic rings. The highest BCUT2D eigenvalue weighted by molar-refractivity contribution is 5.91. The highest BCUT2D eigenvalue weighted by Crippen LogP contribution is 2.05. The lowest BCUT2D eigenvalue weighted by atomic mass is 10.4. The van der Waals surface area contributed by atoms with Crippen LogP contribution in [0.25, 0.3) is 0 Å². The van der Waals surface area contributed by atoms with Crippen molar-refractivity contribution >= 4 is 5.91 Å². The molecule has 1 rings (SSSR count). The Morgan fingerprint density at radius 1 is 1.54 bits per heavy atom. The van der Waals surface area contributed by atoms with Crippen molar-refractivity contribution in [2.45, 2.75) is 19.9 Å². The molecule has 0 bridgehead atoms. The minimum atomic E-state index is -0.0561. The Hall–Kier alpha value is -1.32. The molecule has 0 N–H and O–H groups in total. The van der Waals surface area contributed by atoms with Crippen LogP contribution in [-0.4, -0.2) is 34.7 Å². The molecule has 1 heterocycles. The number of carbonyl (C=O) groups is 1. The van der Waals surface area contributed by atoms with Crippen LogP contribution < -0.4 is 0 Å². The van der Waals surface area contributed by atoms with Gasteiger partial charge in [-0.15, -0.1) is 0 Å². The Labute approximate surface area is 78.1 Å². The highest BCUT2D eigenvalue weighted by atomic mass is 16.2. The maximum atomic E-state index is 11.4. The summed E-state index contributed by atoms with van der Waals surface area (Å²) >= 11 is 0. The van der Waals surface area contributed by atoms with Crippen molar-refractivity contribution < 1.29 is 4.79 Å². The molecule has 1 amide bonds. The van der Waals surface area contributed by atoms with Crippen LogP contribution in [0.4, 0.5) is 0 Å². The molecule has 0 radical (unpaired) electrons. The predicted molar refractivity (Wildman–Crippen MR) is 50.6 cm³/mol. The van der Waals surface area contributed by atoms with E-state index in [0.717, 1.165) is 0 Å². The first-order valence-electron chi connectivity index (χ1n) is 4.29. The average molecular weight is 181 g/mol. The fourth-order valence-electron chi connectivity index (χ4n) is 0.969. The molecule has 1 aromatic heterocycles. The summed E-state index contributed by atoms with van der Waals surface area (Å²) < 4.78 is 1.77. The van der Waals surface area contributed by atoms with Gasteiger partial charge in [-0.2, -0.15) is 5.10 Å². The summed E-state index contributed by atoms with van der Waals surface area (Å²) in [4.78, 5) is 13.0. The minimum absolute atomic E-state index is 0.0561. The summed E-state index contributed by atoms with van der Waals surface area (Å²) in [6.45, 7) is 4.05. The standard InChI is InChI=1S/C9H15N3O/c1-7(2)12-6-5-8(10-12)9(13)11(3)4/h5-7H,1-4H3. The van der Waals surface area contributed by atoms with Crippen molar-refractivity contribution in [3.05, 3.63) is 18.0 Å². The first-order chi connectivity index (χ1) is 6.02. The van der Waals surface area contributed by atoms with Gasteiger partial charge in [0.05, 0.1) is 0 Å². The molecule has 0 fully saturated rings. The lowest BCUT2D eigenvalue weighted by Gasteiger charge is -2.07. The van der Waals surface area contributed by atoms with Gasteiger partial charge in [-0.3, -0.25) is 9.48 Å². The smallest absolute Gasteiger partial charge is 0.273 e. The van der Waals surface area contributed by atoms with Crippen molar-refractivity contribution in [1.82, 2.24) is 14.7 Å². The van der Waals surface area contributed by atoms with Gasteiger partial charge in [0, 0.05) is 26.3 Å². The van der Waals surface area contributed by atoms with E-state index in [0.29, 0.717) is 11.7 Å². The Morgan fingerprint density at radius 3 is 2.54 bits per heavy atom. The number of aromatic nitrogens is 2. The van der Waals surface area contributed by atoms with Crippen molar-refractivity contribution in [2.75, 3.05) is 14.1 Å². The van der Waals surface area contributed by atoms with Gasteiger partial charge in [0.2, 0.25) is 0 Å². The number of rotatable bonds is 2. The van der Waals surface area contributed by atoms with Gasteiger partial charge in [-0.05, 0) is 19.9 Å². The zero-order valence-electron chi connectivity index (χ0n) is 8.48. The van der Waals surface area contributed by atoms with Gasteiger partial charge in [0.1, 0.15) is 5.69 Å². The van der Waals surface area contributed by atoms with Crippen molar-refractivity contribution in [3.8, 4) is 0 Å². The van der Waals surface area contributed by atoms with Crippen LogP contribution in [-0.2, 0) is 0 Å². The monoisotopic (exact) mass is 181 g/mol. The van der Waals surface area contributed by atoms with Crippen molar-refractivity contribution in [3.63, 3.8) is 0 Å². The SMILES string of the molecule is CC(C)n1ccc(C(=O)N(C)C)n1. The van der Waals surface area contributed by atoms with E-state index in [-0.39, 0.29) is 5.91 Å². The average Bonchev–Trinajstić information content (AvgIpc) is 2.50. The molecule has 13 heavy (non-hydrogen) atoms. The summed E-state index contributed by atoms with van der Waals surface area (Å²) in [5, 5.41) is 4.16. The number of hydrogen-bond acceptors (Lipinski definition) is 2. The summed E-state index contributed by atoms with van der Waals surface area (Å²) in [5.74, 6) is -0.0561. The van der Waals surface area contributed by atoms with E-state index >= 15 is 0 Å². The summed E-state index contributed by atoms with van der Waals surface area (Å²) in [6, 6.07) is 2.03. The number of carbonyl (C=O) groups excluding carboxylic acids is 1. The van der Waals surface area contributed by atoms with Gasteiger partial charge < -0.3 is 4.90 Å². The van der Waals surface area contributed by atoms with E-state index in [1.54, 1.807) is 24.8 Å². The normalized spacial score (nSPS) is 10.5. The zero-order chi connectivity index (χ0) is 10.0. The fourth-order valence-corrected chi connectivity index (χ4v) is 0.969. The third-order valence-corrected chi connectivity index (χ3v) is 1.76. The van der Waals surface area contributed by atoms with Gasteiger partial charge in [-0.1, -0.05) is 0 Å². The Bertz CT molecular complexity index is 302. The molecule has 0 atom stereocenters. The maximum Gasteiger partial charge on any atom is 0.273 e. The summed E-state index contributed by atoms with van der Waals surface area (Å²) in [5.41, 5.74) is 0.499. The third kappa shape index (κ3) is 2.08. The van der Waals surface area contributed by atoms with Gasteiger partial charge >= 0.3 is 0 Å². The molecule has 0 saturated carbocycles. The van der Waals surface area contributed by atoms with Crippen LogP contribution in [0.3, 0.4) is 0 Å². The molecule has 0 aliphatic carbocycles. The van der Waals surface area contributed by atoms with E-state index in [1.165, 1.54) is 4.90 Å². The second-order valence-electron chi connectivity index (χ2n) is 3.47. The minimum Gasteiger partial charge on any atom is -0.343 e. The van der Waals surface area contributed by atoms with E-state index < -0.39 is 0 Å². The van der Waals surface area contributed by atoms with Gasteiger partial charge in [0.25, 0.3) is 5.91 Å². The lowest BCUT2D eigenvalue weighted by Crippen LogP contribution is -2.22. The van der Waals surface area contributed by atoms with Crippen LogP contribution in [0, 0.1) is 0 Å². The second kappa shape index (κ2) is 3.60. The summed E-state index contributed by atoms with van der Waals surface area (Å²) in [7, 11) is 3.44. The van der Waals surface area contributed by atoms with Crippen LogP contribution >= 0.6 is 0 Å². The van der Waals surface area contributed by atoms with Crippen LogP contribution in [0.1, 0.15) is 30.4 Å². The largest absolute Gasteiger partial charge is 0.343 e. The van der Waals surface area contributed by atoms with Crippen molar-refractivity contribution in [1.29, 1.82) is 0 Å². The van der Waals surface area contributed by atoms with Crippen molar-refractivity contribution in [2.24, 2.45) is 0 Å². The zero-order valence-corrected chi connectivity index (χ0v) is 8.48. The lowest BCUT2D eigenvalue weighted by molar-refractivity contribution is 0.0821. The van der Waals surface area contributed by atoms with Crippen LogP contribution in [0.15, 0.2) is 12.3 Å². The first-order valence-corrected chi connectivity index (χ1v) is 4.29. The van der Waals surface area contributed by atoms with Crippen LogP contribution in [0.5, 0.6) is 0 Å². The van der Waals surface area contributed by atoms with E-state index in [4.69, 9.17) is 0 Å². The molecular weight excluding hydrogens is 166 g/mol. The number of nitrogens with zero attached hydrogens (tertiary/aromatic N) is 3. The molecule has 0 unspecified atom stereocenters. The number of amides is 1. The molecule has 0 aromatic carbocycles. The molecule has 0 aliphatic heterocycles. The quantitative estimate of drug-likeness (QED) is 0.686. The van der Waals surface area contributed by atoms with E-state index in [1.807, 2.05) is 20.0 Å². The number of hydrogen-bond donors (Lipinski definition) is 0. The second-order valence-corrected chi connectivity index (χ2v) is 3.47. The Balaban J connectivity index is 2.86. The topological polar surface area (TPSA) is 38.1 Å². The molecule has 0 aliphatic rings. The Kier molecular flexibility index (Phi) is 2.70. The highest BCUT2D eigenvalue weighted by Gasteiger charge is 2.11. The van der Waals surface area contributed by atoms with Gasteiger partial charge in [0.15, 0.2) is 0 Å². The van der Waals surface area contributed by atoms with Crippen LogP contribution in [0.2, 0.25) is 0 Å². The molecular formula is C9H15N3O. The first kappa shape index (κ1) is 9.77.